The van der Waals surface area contributed by atoms with Gasteiger partial charge in [0.25, 0.3) is 0 Å². The molecule has 1 aliphatic rings. The first-order valence-corrected chi connectivity index (χ1v) is 7.68. The molecule has 0 saturated heterocycles. The third-order valence-corrected chi connectivity index (χ3v) is 4.89. The van der Waals surface area contributed by atoms with Gasteiger partial charge in [0, 0.05) is 10.2 Å². The lowest BCUT2D eigenvalue weighted by molar-refractivity contribution is -0.138. The Labute approximate surface area is 118 Å². The van der Waals surface area contributed by atoms with Crippen molar-refractivity contribution in [2.24, 2.45) is 5.41 Å². The van der Waals surface area contributed by atoms with Crippen molar-refractivity contribution in [3.63, 3.8) is 0 Å². The Morgan fingerprint density at radius 2 is 2.17 bits per heavy atom. The molecule has 1 aromatic rings. The van der Waals surface area contributed by atoms with E-state index in [0.717, 1.165) is 34.4 Å². The summed E-state index contributed by atoms with van der Waals surface area (Å²) < 4.78 is 13.9. The van der Waals surface area contributed by atoms with E-state index in [1.807, 2.05) is 6.07 Å². The summed E-state index contributed by atoms with van der Waals surface area (Å²) in [4.78, 5) is 10.7. The molecule has 1 aliphatic carbocycles. The monoisotopic (exact) mass is 332 g/mol. The van der Waals surface area contributed by atoms with Crippen LogP contribution in [0.3, 0.4) is 0 Å². The Morgan fingerprint density at radius 1 is 1.44 bits per heavy atom. The van der Waals surface area contributed by atoms with E-state index in [-0.39, 0.29) is 17.7 Å². The minimum absolute atomic E-state index is 0.00105. The maximum absolute atomic E-state index is 13.2. The minimum Gasteiger partial charge on any atom is -0.481 e. The predicted octanol–water partition coefficient (Wildman–Crippen LogP) is 4.08. The second-order valence-electron chi connectivity index (χ2n) is 4.84. The average Bonchev–Trinajstić information content (AvgIpc) is 2.95. The van der Waals surface area contributed by atoms with Crippen molar-refractivity contribution in [3.05, 3.63) is 34.1 Å². The number of aliphatic carboxylic acids is 1. The van der Waals surface area contributed by atoms with Crippen LogP contribution in [0.2, 0.25) is 0 Å². The fourth-order valence-electron chi connectivity index (χ4n) is 1.95. The molecule has 98 valence electrons. The molecule has 2 rings (SSSR count). The van der Waals surface area contributed by atoms with Crippen LogP contribution in [0.15, 0.2) is 22.7 Å². The number of thioether (sulfide) groups is 1. The smallest absolute Gasteiger partial charge is 0.303 e. The predicted molar refractivity (Wildman–Crippen MR) is 74.2 cm³/mol. The normalized spacial score (nSPS) is 16.6. The third kappa shape index (κ3) is 3.99. The zero-order chi connectivity index (χ0) is 13.2. The highest BCUT2D eigenvalue weighted by Gasteiger charge is 2.43. The molecule has 18 heavy (non-hydrogen) atoms. The van der Waals surface area contributed by atoms with Crippen LogP contribution >= 0.6 is 27.7 Å². The van der Waals surface area contributed by atoms with Crippen molar-refractivity contribution < 1.29 is 14.3 Å². The molecule has 0 bridgehead atoms. The maximum atomic E-state index is 13.2. The van der Waals surface area contributed by atoms with Crippen molar-refractivity contribution in [1.82, 2.24) is 0 Å². The summed E-state index contributed by atoms with van der Waals surface area (Å²) in [5.41, 5.74) is 0.930. The van der Waals surface area contributed by atoms with Crippen LogP contribution in [0.5, 0.6) is 0 Å². The van der Waals surface area contributed by atoms with Gasteiger partial charge < -0.3 is 5.11 Å². The first kappa shape index (κ1) is 13.9. The molecule has 1 aromatic carbocycles. The van der Waals surface area contributed by atoms with Crippen molar-refractivity contribution in [2.45, 2.75) is 25.0 Å². The molecule has 2 nitrogen and oxygen atoms in total. The van der Waals surface area contributed by atoms with Crippen LogP contribution in [-0.2, 0) is 10.5 Å². The van der Waals surface area contributed by atoms with E-state index in [9.17, 15) is 9.18 Å². The second kappa shape index (κ2) is 5.61. The number of carbonyl (C=O) groups is 1. The summed E-state index contributed by atoms with van der Waals surface area (Å²) in [6, 6.07) is 4.85. The first-order valence-electron chi connectivity index (χ1n) is 5.74. The largest absolute Gasteiger partial charge is 0.481 e. The molecule has 0 atom stereocenters. The third-order valence-electron chi connectivity index (χ3n) is 3.08. The van der Waals surface area contributed by atoms with E-state index in [4.69, 9.17) is 5.11 Å². The van der Waals surface area contributed by atoms with Crippen LogP contribution < -0.4 is 0 Å². The molecule has 0 spiro atoms. The van der Waals surface area contributed by atoms with E-state index in [1.54, 1.807) is 11.8 Å². The zero-order valence-electron chi connectivity index (χ0n) is 9.79. The Bertz CT molecular complexity index is 440. The second-order valence-corrected chi connectivity index (χ2v) is 6.74. The van der Waals surface area contributed by atoms with Gasteiger partial charge in [-0.1, -0.05) is 15.9 Å². The van der Waals surface area contributed by atoms with E-state index in [1.165, 1.54) is 12.1 Å². The number of hydrogen-bond acceptors (Lipinski definition) is 2. The number of rotatable bonds is 6. The number of carboxylic acid groups (broad SMARTS) is 1. The summed E-state index contributed by atoms with van der Waals surface area (Å²) >= 11 is 4.95. The standard InChI is InChI=1S/C13H14BrFO2S/c14-10-3-9(4-11(15)5-10)7-18-8-13(1-2-13)6-12(16)17/h3-5H,1-2,6-8H2,(H,16,17). The molecular formula is C13H14BrFO2S. The summed E-state index contributed by atoms with van der Waals surface area (Å²) in [6.45, 7) is 0. The van der Waals surface area contributed by atoms with Gasteiger partial charge in [0.2, 0.25) is 0 Å². The van der Waals surface area contributed by atoms with Gasteiger partial charge in [-0.3, -0.25) is 4.79 Å². The first-order chi connectivity index (χ1) is 8.49. The van der Waals surface area contributed by atoms with E-state index < -0.39 is 5.97 Å². The van der Waals surface area contributed by atoms with E-state index in [0.29, 0.717) is 0 Å². The van der Waals surface area contributed by atoms with Crippen LogP contribution in [0, 0.1) is 11.2 Å². The summed E-state index contributed by atoms with van der Waals surface area (Å²) in [5.74, 6) is 0.596. The van der Waals surface area contributed by atoms with E-state index >= 15 is 0 Å². The van der Waals surface area contributed by atoms with Gasteiger partial charge >= 0.3 is 5.97 Å². The van der Waals surface area contributed by atoms with Gasteiger partial charge in [0.15, 0.2) is 0 Å². The molecule has 0 amide bonds. The zero-order valence-corrected chi connectivity index (χ0v) is 12.2. The molecule has 1 N–H and O–H groups in total. The fourth-order valence-corrected chi connectivity index (χ4v) is 3.79. The van der Waals surface area contributed by atoms with Crippen LogP contribution in [0.25, 0.3) is 0 Å². The van der Waals surface area contributed by atoms with Crippen LogP contribution in [-0.4, -0.2) is 16.8 Å². The highest BCUT2D eigenvalue weighted by Crippen LogP contribution is 2.51. The molecular weight excluding hydrogens is 319 g/mol. The quantitative estimate of drug-likeness (QED) is 0.852. The minimum atomic E-state index is -0.721. The van der Waals surface area contributed by atoms with E-state index in [2.05, 4.69) is 15.9 Å². The molecule has 0 heterocycles. The number of benzene rings is 1. The Balaban J connectivity index is 1.83. The van der Waals surface area contributed by atoms with Gasteiger partial charge in [-0.25, -0.2) is 4.39 Å². The van der Waals surface area contributed by atoms with Gasteiger partial charge in [-0.2, -0.15) is 11.8 Å². The fraction of sp³-hybridized carbons (Fsp3) is 0.462. The number of carboxylic acids is 1. The van der Waals surface area contributed by atoms with Crippen LogP contribution in [0.1, 0.15) is 24.8 Å². The topological polar surface area (TPSA) is 37.3 Å². The lowest BCUT2D eigenvalue weighted by atomic mass is 10.1. The number of hydrogen-bond donors (Lipinski definition) is 1. The summed E-state index contributed by atoms with van der Waals surface area (Å²) in [7, 11) is 0. The Hall–Kier alpha value is -0.550. The van der Waals surface area contributed by atoms with Crippen molar-refractivity contribution in [2.75, 3.05) is 5.75 Å². The van der Waals surface area contributed by atoms with Gasteiger partial charge in [0.1, 0.15) is 5.82 Å². The molecule has 1 saturated carbocycles. The molecule has 0 radical (unpaired) electrons. The number of halogens is 2. The van der Waals surface area contributed by atoms with Gasteiger partial charge in [-0.05, 0) is 47.8 Å². The SMILES string of the molecule is O=C(O)CC1(CSCc2cc(F)cc(Br)c2)CC1. The Morgan fingerprint density at radius 3 is 2.72 bits per heavy atom. The van der Waals surface area contributed by atoms with Crippen LogP contribution in [0.4, 0.5) is 4.39 Å². The molecule has 0 aliphatic heterocycles. The van der Waals surface area contributed by atoms with Crippen molar-refractivity contribution >= 4 is 33.7 Å². The summed E-state index contributed by atoms with van der Waals surface area (Å²) in [5, 5.41) is 8.81. The summed E-state index contributed by atoms with van der Waals surface area (Å²) in [6.07, 6.45) is 2.26. The highest BCUT2D eigenvalue weighted by molar-refractivity contribution is 9.10. The Kier molecular flexibility index (Phi) is 4.33. The lowest BCUT2D eigenvalue weighted by Gasteiger charge is -2.11. The molecule has 0 aromatic heterocycles. The van der Waals surface area contributed by atoms with Crippen molar-refractivity contribution in [1.29, 1.82) is 0 Å². The van der Waals surface area contributed by atoms with Crippen molar-refractivity contribution in [3.8, 4) is 0 Å². The molecule has 1 fully saturated rings. The molecule has 5 heteroatoms. The van der Waals surface area contributed by atoms with Gasteiger partial charge in [0.05, 0.1) is 6.42 Å². The lowest BCUT2D eigenvalue weighted by Crippen LogP contribution is -2.11. The maximum Gasteiger partial charge on any atom is 0.303 e. The average molecular weight is 333 g/mol. The molecule has 0 unspecified atom stereocenters. The van der Waals surface area contributed by atoms with Gasteiger partial charge in [-0.15, -0.1) is 0 Å². The highest BCUT2D eigenvalue weighted by atomic mass is 79.9.